The van der Waals surface area contributed by atoms with E-state index in [1.165, 1.54) is 38.5 Å². The lowest BCUT2D eigenvalue weighted by molar-refractivity contribution is -0.137. The van der Waals surface area contributed by atoms with Crippen LogP contribution < -0.4 is 5.32 Å². The molecule has 0 aromatic heterocycles. The Morgan fingerprint density at radius 1 is 1.22 bits per heavy atom. The SMILES string of the molecule is CCCC(CCNC1CCCCC1)CCC(=O)O. The molecule has 1 unspecified atom stereocenters. The standard InChI is InChI=1S/C15H29NO2/c1-2-6-13(9-10-15(17)18)11-12-16-14-7-4-3-5-8-14/h13-14,16H,2-12H2,1H3,(H,17,18). The third-order valence-corrected chi connectivity index (χ3v) is 4.05. The third-order valence-electron chi connectivity index (χ3n) is 4.05. The molecule has 106 valence electrons. The van der Waals surface area contributed by atoms with E-state index in [0.717, 1.165) is 31.8 Å². The van der Waals surface area contributed by atoms with Gasteiger partial charge < -0.3 is 10.4 Å². The smallest absolute Gasteiger partial charge is 0.303 e. The van der Waals surface area contributed by atoms with Gasteiger partial charge in [0.25, 0.3) is 0 Å². The molecule has 0 saturated heterocycles. The van der Waals surface area contributed by atoms with Crippen LogP contribution in [0.15, 0.2) is 0 Å². The monoisotopic (exact) mass is 255 g/mol. The lowest BCUT2D eigenvalue weighted by atomic mass is 9.93. The van der Waals surface area contributed by atoms with Crippen molar-refractivity contribution in [1.29, 1.82) is 0 Å². The Labute approximate surface area is 111 Å². The van der Waals surface area contributed by atoms with E-state index in [4.69, 9.17) is 5.11 Å². The zero-order chi connectivity index (χ0) is 13.2. The van der Waals surface area contributed by atoms with Crippen molar-refractivity contribution >= 4 is 5.97 Å². The fourth-order valence-electron chi connectivity index (χ4n) is 2.97. The van der Waals surface area contributed by atoms with Crippen molar-refractivity contribution in [3.63, 3.8) is 0 Å². The molecule has 0 aliphatic heterocycles. The molecular weight excluding hydrogens is 226 g/mol. The van der Waals surface area contributed by atoms with Gasteiger partial charge in [-0.25, -0.2) is 0 Å². The van der Waals surface area contributed by atoms with Gasteiger partial charge in [0.15, 0.2) is 0 Å². The molecule has 1 saturated carbocycles. The first-order valence-electron chi connectivity index (χ1n) is 7.67. The number of carboxylic acids is 1. The highest BCUT2D eigenvalue weighted by Gasteiger charge is 2.14. The van der Waals surface area contributed by atoms with Crippen LogP contribution in [0.2, 0.25) is 0 Å². The van der Waals surface area contributed by atoms with Crippen molar-refractivity contribution in [2.75, 3.05) is 6.54 Å². The first kappa shape index (κ1) is 15.5. The average Bonchev–Trinajstić information content (AvgIpc) is 2.37. The van der Waals surface area contributed by atoms with Crippen LogP contribution in [-0.4, -0.2) is 23.7 Å². The van der Waals surface area contributed by atoms with Gasteiger partial charge in [-0.05, 0) is 38.1 Å². The molecule has 1 atom stereocenters. The van der Waals surface area contributed by atoms with E-state index >= 15 is 0 Å². The minimum Gasteiger partial charge on any atom is -0.481 e. The summed E-state index contributed by atoms with van der Waals surface area (Å²) in [5.41, 5.74) is 0. The van der Waals surface area contributed by atoms with Crippen LogP contribution in [0, 0.1) is 5.92 Å². The number of rotatable bonds is 9. The van der Waals surface area contributed by atoms with Gasteiger partial charge in [-0.2, -0.15) is 0 Å². The van der Waals surface area contributed by atoms with Gasteiger partial charge in [0.05, 0.1) is 0 Å². The van der Waals surface area contributed by atoms with Crippen molar-refractivity contribution in [2.45, 2.75) is 77.2 Å². The molecule has 0 spiro atoms. The lowest BCUT2D eigenvalue weighted by Crippen LogP contribution is -2.32. The van der Waals surface area contributed by atoms with Crippen molar-refractivity contribution in [3.05, 3.63) is 0 Å². The molecule has 2 N–H and O–H groups in total. The molecule has 0 bridgehead atoms. The largest absolute Gasteiger partial charge is 0.481 e. The van der Waals surface area contributed by atoms with E-state index < -0.39 is 5.97 Å². The second-order valence-corrected chi connectivity index (χ2v) is 5.66. The van der Waals surface area contributed by atoms with E-state index in [1.54, 1.807) is 0 Å². The van der Waals surface area contributed by atoms with Gasteiger partial charge in [0, 0.05) is 12.5 Å². The average molecular weight is 255 g/mol. The molecule has 0 amide bonds. The Balaban J connectivity index is 2.13. The van der Waals surface area contributed by atoms with Gasteiger partial charge in [-0.15, -0.1) is 0 Å². The molecule has 1 rings (SSSR count). The van der Waals surface area contributed by atoms with Gasteiger partial charge in [-0.3, -0.25) is 4.79 Å². The Morgan fingerprint density at radius 2 is 1.94 bits per heavy atom. The van der Waals surface area contributed by atoms with Crippen molar-refractivity contribution < 1.29 is 9.90 Å². The van der Waals surface area contributed by atoms with E-state index in [-0.39, 0.29) is 0 Å². The van der Waals surface area contributed by atoms with Crippen LogP contribution in [0.1, 0.15) is 71.1 Å². The van der Waals surface area contributed by atoms with Crippen LogP contribution >= 0.6 is 0 Å². The summed E-state index contributed by atoms with van der Waals surface area (Å²) in [6.45, 7) is 3.25. The number of nitrogens with one attached hydrogen (secondary N) is 1. The van der Waals surface area contributed by atoms with E-state index in [1.807, 2.05) is 0 Å². The number of carbonyl (C=O) groups is 1. The minimum absolute atomic E-state index is 0.327. The van der Waals surface area contributed by atoms with E-state index in [9.17, 15) is 4.79 Å². The molecule has 1 aliphatic rings. The maximum atomic E-state index is 10.6. The predicted molar refractivity (Wildman–Crippen MR) is 74.8 cm³/mol. The topological polar surface area (TPSA) is 49.3 Å². The van der Waals surface area contributed by atoms with Crippen molar-refractivity contribution in [3.8, 4) is 0 Å². The normalized spacial score (nSPS) is 18.7. The Kier molecular flexibility index (Phi) is 8.06. The van der Waals surface area contributed by atoms with Crippen LogP contribution in [0.3, 0.4) is 0 Å². The molecule has 0 radical (unpaired) electrons. The quantitative estimate of drug-likeness (QED) is 0.662. The molecule has 1 fully saturated rings. The summed E-state index contributed by atoms with van der Waals surface area (Å²) < 4.78 is 0. The first-order valence-corrected chi connectivity index (χ1v) is 7.67. The maximum absolute atomic E-state index is 10.6. The van der Waals surface area contributed by atoms with Gasteiger partial charge in [0.1, 0.15) is 0 Å². The highest BCUT2D eigenvalue weighted by molar-refractivity contribution is 5.66. The second-order valence-electron chi connectivity index (χ2n) is 5.66. The summed E-state index contributed by atoms with van der Waals surface area (Å²) in [7, 11) is 0. The van der Waals surface area contributed by atoms with Crippen LogP contribution in [0.25, 0.3) is 0 Å². The Morgan fingerprint density at radius 3 is 2.56 bits per heavy atom. The van der Waals surface area contributed by atoms with E-state index in [0.29, 0.717) is 12.3 Å². The van der Waals surface area contributed by atoms with Crippen molar-refractivity contribution in [1.82, 2.24) is 5.32 Å². The van der Waals surface area contributed by atoms with Gasteiger partial charge in [-0.1, -0.05) is 39.0 Å². The summed E-state index contributed by atoms with van der Waals surface area (Å²) in [6.07, 6.45) is 11.4. The summed E-state index contributed by atoms with van der Waals surface area (Å²) >= 11 is 0. The molecule has 0 aromatic rings. The first-order chi connectivity index (χ1) is 8.72. The van der Waals surface area contributed by atoms with E-state index in [2.05, 4.69) is 12.2 Å². The molecule has 3 heteroatoms. The second kappa shape index (κ2) is 9.37. The van der Waals surface area contributed by atoms with Gasteiger partial charge in [0.2, 0.25) is 0 Å². The minimum atomic E-state index is -0.656. The van der Waals surface area contributed by atoms with Gasteiger partial charge >= 0.3 is 5.97 Å². The fourth-order valence-corrected chi connectivity index (χ4v) is 2.97. The Bertz CT molecular complexity index is 225. The summed E-state index contributed by atoms with van der Waals surface area (Å²) in [4.78, 5) is 10.6. The maximum Gasteiger partial charge on any atom is 0.303 e. The van der Waals surface area contributed by atoms with Crippen LogP contribution in [0.5, 0.6) is 0 Å². The number of hydrogen-bond donors (Lipinski definition) is 2. The summed E-state index contributed by atoms with van der Waals surface area (Å²) in [5.74, 6) is -0.0708. The lowest BCUT2D eigenvalue weighted by Gasteiger charge is -2.24. The molecule has 0 heterocycles. The molecular formula is C15H29NO2. The highest BCUT2D eigenvalue weighted by Crippen LogP contribution is 2.19. The van der Waals surface area contributed by atoms with Crippen LogP contribution in [0.4, 0.5) is 0 Å². The third kappa shape index (κ3) is 7.00. The fraction of sp³-hybridized carbons (Fsp3) is 0.933. The molecule has 3 nitrogen and oxygen atoms in total. The van der Waals surface area contributed by atoms with Crippen molar-refractivity contribution in [2.24, 2.45) is 5.92 Å². The molecule has 1 aliphatic carbocycles. The summed E-state index contributed by atoms with van der Waals surface area (Å²) in [6, 6.07) is 0.723. The number of hydrogen-bond acceptors (Lipinski definition) is 2. The molecule has 18 heavy (non-hydrogen) atoms. The number of aliphatic carboxylic acids is 1. The molecule has 0 aromatic carbocycles. The number of carboxylic acid groups (broad SMARTS) is 1. The van der Waals surface area contributed by atoms with Crippen LogP contribution in [-0.2, 0) is 4.79 Å². The summed E-state index contributed by atoms with van der Waals surface area (Å²) in [5, 5.41) is 12.4. The highest BCUT2D eigenvalue weighted by atomic mass is 16.4. The zero-order valence-electron chi connectivity index (χ0n) is 11.8. The Hall–Kier alpha value is -0.570. The predicted octanol–water partition coefficient (Wildman–Crippen LogP) is 3.58. The zero-order valence-corrected chi connectivity index (χ0v) is 11.8.